The first kappa shape index (κ1) is 17.8. The Balaban J connectivity index is 1.84. The number of rotatable bonds is 6. The fourth-order valence-electron chi connectivity index (χ4n) is 3.17. The van der Waals surface area contributed by atoms with E-state index in [4.69, 9.17) is 9.84 Å². The third-order valence-electron chi connectivity index (χ3n) is 4.21. The van der Waals surface area contributed by atoms with Gasteiger partial charge in [-0.1, -0.05) is 11.6 Å². The van der Waals surface area contributed by atoms with E-state index in [1.54, 1.807) is 4.90 Å². The van der Waals surface area contributed by atoms with Crippen LogP contribution in [0.3, 0.4) is 0 Å². The third kappa shape index (κ3) is 5.23. The van der Waals surface area contributed by atoms with Crippen LogP contribution >= 0.6 is 0 Å². The van der Waals surface area contributed by atoms with E-state index in [-0.39, 0.29) is 12.5 Å². The first-order valence-electron chi connectivity index (χ1n) is 8.32. The zero-order valence-corrected chi connectivity index (χ0v) is 14.4. The van der Waals surface area contributed by atoms with Crippen molar-refractivity contribution in [3.8, 4) is 0 Å². The zero-order valence-electron chi connectivity index (χ0n) is 14.4. The highest BCUT2D eigenvalue weighted by Gasteiger charge is 2.47. The molecule has 130 valence electrons. The van der Waals surface area contributed by atoms with Crippen molar-refractivity contribution in [2.24, 2.45) is 0 Å². The molecule has 1 fully saturated rings. The highest BCUT2D eigenvalue weighted by molar-refractivity contribution is 5.73. The lowest BCUT2D eigenvalue weighted by Crippen LogP contribution is -2.71. The van der Waals surface area contributed by atoms with Crippen molar-refractivity contribution < 1.29 is 19.4 Å². The Morgan fingerprint density at radius 2 is 2.09 bits per heavy atom. The van der Waals surface area contributed by atoms with Crippen molar-refractivity contribution in [2.45, 2.75) is 64.0 Å². The SMILES string of the molecule is CC(C)(C)OC(=O)N1CC(CC(=O)O)(NCCC2=CCCC2)C1. The minimum Gasteiger partial charge on any atom is -0.481 e. The highest BCUT2D eigenvalue weighted by atomic mass is 16.6. The average molecular weight is 324 g/mol. The van der Waals surface area contributed by atoms with Gasteiger partial charge in [0.2, 0.25) is 0 Å². The van der Waals surface area contributed by atoms with Crippen LogP contribution in [0.5, 0.6) is 0 Å². The first-order valence-corrected chi connectivity index (χ1v) is 8.32. The van der Waals surface area contributed by atoms with Crippen LogP contribution in [0.4, 0.5) is 4.79 Å². The third-order valence-corrected chi connectivity index (χ3v) is 4.21. The van der Waals surface area contributed by atoms with Gasteiger partial charge in [0, 0.05) is 13.1 Å². The molecule has 1 saturated heterocycles. The topological polar surface area (TPSA) is 78.9 Å². The fraction of sp³-hybridized carbons (Fsp3) is 0.765. The number of likely N-dealkylation sites (tertiary alicyclic amines) is 1. The van der Waals surface area contributed by atoms with Gasteiger partial charge in [0.15, 0.2) is 0 Å². The molecule has 0 unspecified atom stereocenters. The summed E-state index contributed by atoms with van der Waals surface area (Å²) in [6.45, 7) is 6.98. The number of nitrogens with one attached hydrogen (secondary N) is 1. The molecule has 1 heterocycles. The van der Waals surface area contributed by atoms with Crippen LogP contribution in [-0.4, -0.2) is 52.8 Å². The number of allylic oxidation sites excluding steroid dienone is 1. The molecule has 0 bridgehead atoms. The van der Waals surface area contributed by atoms with E-state index in [9.17, 15) is 9.59 Å². The second-order valence-electron chi connectivity index (χ2n) is 7.62. The molecule has 2 aliphatic rings. The van der Waals surface area contributed by atoms with Crippen molar-refractivity contribution in [3.05, 3.63) is 11.6 Å². The quantitative estimate of drug-likeness (QED) is 0.734. The van der Waals surface area contributed by atoms with Crippen molar-refractivity contribution in [2.75, 3.05) is 19.6 Å². The van der Waals surface area contributed by atoms with Gasteiger partial charge in [0.1, 0.15) is 5.60 Å². The van der Waals surface area contributed by atoms with E-state index < -0.39 is 17.1 Å². The van der Waals surface area contributed by atoms with E-state index in [1.807, 2.05) is 20.8 Å². The second-order valence-corrected chi connectivity index (χ2v) is 7.62. The number of hydrogen-bond acceptors (Lipinski definition) is 4. The van der Waals surface area contributed by atoms with Crippen LogP contribution < -0.4 is 5.32 Å². The summed E-state index contributed by atoms with van der Waals surface area (Å²) in [5, 5.41) is 12.5. The predicted octanol–water partition coefficient (Wildman–Crippen LogP) is 2.54. The number of aliphatic carboxylic acids is 1. The number of carboxylic acids is 1. The molecule has 6 nitrogen and oxygen atoms in total. The maximum Gasteiger partial charge on any atom is 0.410 e. The summed E-state index contributed by atoms with van der Waals surface area (Å²) >= 11 is 0. The summed E-state index contributed by atoms with van der Waals surface area (Å²) in [6, 6.07) is 0. The normalized spacial score (nSPS) is 20.0. The molecule has 23 heavy (non-hydrogen) atoms. The number of hydrogen-bond donors (Lipinski definition) is 2. The number of carbonyl (C=O) groups excluding carboxylic acids is 1. The van der Waals surface area contributed by atoms with Crippen LogP contribution in [0.15, 0.2) is 11.6 Å². The maximum atomic E-state index is 12.0. The molecule has 1 aliphatic heterocycles. The van der Waals surface area contributed by atoms with Crippen molar-refractivity contribution in [1.82, 2.24) is 10.2 Å². The minimum atomic E-state index is -0.846. The molecule has 2 N–H and O–H groups in total. The molecule has 1 amide bonds. The summed E-state index contributed by atoms with van der Waals surface area (Å²) in [4.78, 5) is 24.7. The van der Waals surface area contributed by atoms with Gasteiger partial charge in [-0.25, -0.2) is 4.79 Å². The molecular formula is C17H28N2O4. The lowest BCUT2D eigenvalue weighted by atomic mass is 9.86. The molecule has 6 heteroatoms. The van der Waals surface area contributed by atoms with Gasteiger partial charge in [-0.2, -0.15) is 0 Å². The molecule has 0 aromatic heterocycles. The van der Waals surface area contributed by atoms with E-state index in [1.165, 1.54) is 12.0 Å². The number of carbonyl (C=O) groups is 2. The molecule has 1 aliphatic carbocycles. The van der Waals surface area contributed by atoms with Crippen LogP contribution in [0.2, 0.25) is 0 Å². The Morgan fingerprint density at radius 3 is 2.61 bits per heavy atom. The molecule has 2 rings (SSSR count). The predicted molar refractivity (Wildman–Crippen MR) is 87.3 cm³/mol. The van der Waals surface area contributed by atoms with Crippen molar-refractivity contribution >= 4 is 12.1 Å². The summed E-state index contributed by atoms with van der Waals surface area (Å²) in [6.07, 6.45) is 6.40. The Bertz CT molecular complexity index is 487. The van der Waals surface area contributed by atoms with Gasteiger partial charge in [-0.15, -0.1) is 0 Å². The second kappa shape index (κ2) is 6.91. The fourth-order valence-corrected chi connectivity index (χ4v) is 3.17. The maximum absolute atomic E-state index is 12.0. The molecule has 0 spiro atoms. The van der Waals surface area contributed by atoms with Crippen LogP contribution in [0.25, 0.3) is 0 Å². The smallest absolute Gasteiger partial charge is 0.410 e. The Kier molecular flexibility index (Phi) is 5.34. The molecule has 0 atom stereocenters. The van der Waals surface area contributed by atoms with Gasteiger partial charge >= 0.3 is 12.1 Å². The minimum absolute atomic E-state index is 0.0192. The number of ether oxygens (including phenoxy) is 1. The summed E-state index contributed by atoms with van der Waals surface area (Å²) < 4.78 is 5.33. The lowest BCUT2D eigenvalue weighted by molar-refractivity contribution is -0.141. The molecule has 0 aromatic carbocycles. The van der Waals surface area contributed by atoms with Gasteiger partial charge < -0.3 is 20.1 Å². The highest BCUT2D eigenvalue weighted by Crippen LogP contribution is 2.27. The standard InChI is InChI=1S/C17H28N2O4/c1-16(2,3)23-15(22)19-11-17(12-19,10-14(20)21)18-9-8-13-6-4-5-7-13/h6,18H,4-5,7-12H2,1-3H3,(H,20,21). The van der Waals surface area contributed by atoms with Gasteiger partial charge in [-0.3, -0.25) is 4.79 Å². The molecular weight excluding hydrogens is 296 g/mol. The van der Waals surface area contributed by atoms with E-state index in [0.29, 0.717) is 13.1 Å². The monoisotopic (exact) mass is 324 g/mol. The van der Waals surface area contributed by atoms with E-state index in [2.05, 4.69) is 11.4 Å². The molecule has 0 saturated carbocycles. The summed E-state index contributed by atoms with van der Waals surface area (Å²) in [7, 11) is 0. The van der Waals surface area contributed by atoms with E-state index >= 15 is 0 Å². The Hall–Kier alpha value is -1.56. The largest absolute Gasteiger partial charge is 0.481 e. The van der Waals surface area contributed by atoms with E-state index in [0.717, 1.165) is 25.8 Å². The zero-order chi connectivity index (χ0) is 17.1. The summed E-state index contributed by atoms with van der Waals surface area (Å²) in [5.41, 5.74) is 0.387. The van der Waals surface area contributed by atoms with Crippen LogP contribution in [-0.2, 0) is 9.53 Å². The Labute approximate surface area is 137 Å². The number of carboxylic acid groups (broad SMARTS) is 1. The summed E-state index contributed by atoms with van der Waals surface area (Å²) in [5.74, 6) is -0.846. The lowest BCUT2D eigenvalue weighted by Gasteiger charge is -2.49. The Morgan fingerprint density at radius 1 is 1.39 bits per heavy atom. The number of nitrogens with zero attached hydrogens (tertiary/aromatic N) is 1. The average Bonchev–Trinajstić information content (AvgIpc) is 2.85. The number of amides is 1. The van der Waals surface area contributed by atoms with Crippen LogP contribution in [0, 0.1) is 0 Å². The van der Waals surface area contributed by atoms with Gasteiger partial charge in [0.05, 0.1) is 12.0 Å². The van der Waals surface area contributed by atoms with Gasteiger partial charge in [0.25, 0.3) is 0 Å². The molecule has 0 radical (unpaired) electrons. The van der Waals surface area contributed by atoms with Crippen LogP contribution in [0.1, 0.15) is 52.9 Å². The van der Waals surface area contributed by atoms with Crippen molar-refractivity contribution in [1.29, 1.82) is 0 Å². The van der Waals surface area contributed by atoms with Gasteiger partial charge in [-0.05, 0) is 53.0 Å². The van der Waals surface area contributed by atoms with Crippen molar-refractivity contribution in [3.63, 3.8) is 0 Å². The molecule has 0 aromatic rings. The first-order chi connectivity index (χ1) is 10.7.